The van der Waals surface area contributed by atoms with Gasteiger partial charge in [0.2, 0.25) is 5.91 Å². The molecular formula is C22H22N4O2. The first-order valence-corrected chi connectivity index (χ1v) is 8.93. The van der Waals surface area contributed by atoms with E-state index in [1.165, 1.54) is 18.7 Å². The maximum atomic E-state index is 12.5. The van der Waals surface area contributed by atoms with Crippen molar-refractivity contribution in [3.63, 3.8) is 0 Å². The van der Waals surface area contributed by atoms with E-state index in [1.807, 2.05) is 0 Å². The molecule has 0 unspecified atom stereocenters. The van der Waals surface area contributed by atoms with Crippen molar-refractivity contribution in [2.24, 2.45) is 0 Å². The lowest BCUT2D eigenvalue weighted by Crippen LogP contribution is -2.13. The van der Waals surface area contributed by atoms with E-state index in [4.69, 9.17) is 0 Å². The molecule has 3 aromatic rings. The molecule has 2 aromatic carbocycles. The Morgan fingerprint density at radius 2 is 1.50 bits per heavy atom. The van der Waals surface area contributed by atoms with E-state index < -0.39 is 0 Å². The number of nitrogens with one attached hydrogen (secondary N) is 3. The summed E-state index contributed by atoms with van der Waals surface area (Å²) in [6.07, 6.45) is 3.21. The number of nitrogens with zero attached hydrogens (tertiary/aromatic N) is 1. The van der Waals surface area contributed by atoms with Gasteiger partial charge < -0.3 is 16.0 Å². The molecule has 1 aromatic heterocycles. The number of pyridine rings is 1. The van der Waals surface area contributed by atoms with Gasteiger partial charge in [-0.1, -0.05) is 29.8 Å². The van der Waals surface area contributed by atoms with Crippen LogP contribution in [0.3, 0.4) is 0 Å². The number of benzene rings is 2. The van der Waals surface area contributed by atoms with Crippen molar-refractivity contribution in [1.82, 2.24) is 4.98 Å². The fourth-order valence-electron chi connectivity index (χ4n) is 2.61. The Morgan fingerprint density at radius 3 is 2.14 bits per heavy atom. The first kappa shape index (κ1) is 19.1. The van der Waals surface area contributed by atoms with Crippen molar-refractivity contribution < 1.29 is 9.59 Å². The molecule has 0 aliphatic rings. The van der Waals surface area contributed by atoms with Crippen molar-refractivity contribution >= 4 is 28.9 Å². The third-order valence-electron chi connectivity index (χ3n) is 4.08. The average Bonchev–Trinajstić information content (AvgIpc) is 2.69. The minimum absolute atomic E-state index is 0.141. The summed E-state index contributed by atoms with van der Waals surface area (Å²) in [4.78, 5) is 27.7. The van der Waals surface area contributed by atoms with Gasteiger partial charge in [-0.3, -0.25) is 14.6 Å². The Hall–Kier alpha value is -3.67. The Morgan fingerprint density at radius 1 is 0.857 bits per heavy atom. The summed E-state index contributed by atoms with van der Waals surface area (Å²) in [7, 11) is 0. The second kappa shape index (κ2) is 8.81. The van der Waals surface area contributed by atoms with Crippen molar-refractivity contribution in [3.8, 4) is 0 Å². The van der Waals surface area contributed by atoms with Crippen LogP contribution in [-0.4, -0.2) is 16.8 Å². The van der Waals surface area contributed by atoms with E-state index >= 15 is 0 Å². The van der Waals surface area contributed by atoms with Gasteiger partial charge in [-0.2, -0.15) is 0 Å². The van der Waals surface area contributed by atoms with Crippen molar-refractivity contribution in [2.45, 2.75) is 20.4 Å². The fraction of sp³-hybridized carbons (Fsp3) is 0.136. The number of hydrogen-bond donors (Lipinski definition) is 3. The second-order valence-corrected chi connectivity index (χ2v) is 6.51. The Labute approximate surface area is 164 Å². The molecule has 0 spiro atoms. The molecule has 0 fully saturated rings. The molecule has 142 valence electrons. The Balaban J connectivity index is 1.61. The summed E-state index contributed by atoms with van der Waals surface area (Å²) >= 11 is 0. The summed E-state index contributed by atoms with van der Waals surface area (Å²) in [5.41, 5.74) is 4.91. The topological polar surface area (TPSA) is 83.1 Å². The van der Waals surface area contributed by atoms with Gasteiger partial charge in [-0.05, 0) is 42.8 Å². The van der Waals surface area contributed by atoms with Crippen LogP contribution in [-0.2, 0) is 11.3 Å². The molecule has 0 aliphatic heterocycles. The van der Waals surface area contributed by atoms with Crippen molar-refractivity contribution in [3.05, 3.63) is 83.7 Å². The lowest BCUT2D eigenvalue weighted by molar-refractivity contribution is -0.114. The summed E-state index contributed by atoms with van der Waals surface area (Å²) in [6, 6.07) is 17.0. The molecule has 6 heteroatoms. The standard InChI is InChI=1S/C22H22N4O2/c1-15-3-5-17(6-4-15)12-24-21-11-18(13-23-14-21)22(28)26-20-9-7-19(8-10-20)25-16(2)27/h3-11,13-14,24H,12H2,1-2H3,(H,25,27)(H,26,28). The molecule has 0 bridgehead atoms. The maximum absolute atomic E-state index is 12.5. The third kappa shape index (κ3) is 5.41. The highest BCUT2D eigenvalue weighted by Crippen LogP contribution is 2.16. The van der Waals surface area contributed by atoms with Gasteiger partial charge in [0.05, 0.1) is 11.3 Å². The smallest absolute Gasteiger partial charge is 0.257 e. The highest BCUT2D eigenvalue weighted by Gasteiger charge is 2.08. The third-order valence-corrected chi connectivity index (χ3v) is 4.08. The zero-order chi connectivity index (χ0) is 19.9. The van der Waals surface area contributed by atoms with E-state index in [0.717, 1.165) is 11.3 Å². The molecule has 0 radical (unpaired) electrons. The van der Waals surface area contributed by atoms with Crippen LogP contribution in [0, 0.1) is 6.92 Å². The van der Waals surface area contributed by atoms with Crippen LogP contribution in [0.15, 0.2) is 67.0 Å². The molecule has 0 atom stereocenters. The van der Waals surface area contributed by atoms with Crippen LogP contribution in [0.25, 0.3) is 0 Å². The molecule has 0 saturated carbocycles. The highest BCUT2D eigenvalue weighted by atomic mass is 16.2. The molecule has 28 heavy (non-hydrogen) atoms. The quantitative estimate of drug-likeness (QED) is 0.603. The summed E-state index contributed by atoms with van der Waals surface area (Å²) < 4.78 is 0. The van der Waals surface area contributed by atoms with E-state index in [2.05, 4.69) is 52.1 Å². The molecule has 3 N–H and O–H groups in total. The number of carbonyl (C=O) groups is 2. The van der Waals surface area contributed by atoms with Crippen LogP contribution >= 0.6 is 0 Å². The minimum atomic E-state index is -0.251. The summed E-state index contributed by atoms with van der Waals surface area (Å²) in [5.74, 6) is -0.392. The number of hydrogen-bond acceptors (Lipinski definition) is 4. The van der Waals surface area contributed by atoms with Crippen LogP contribution in [0.4, 0.5) is 17.1 Å². The highest BCUT2D eigenvalue weighted by molar-refractivity contribution is 6.04. The predicted octanol–water partition coefficient (Wildman–Crippen LogP) is 4.21. The molecule has 1 heterocycles. The van der Waals surface area contributed by atoms with Gasteiger partial charge in [0.25, 0.3) is 5.91 Å². The Bertz CT molecular complexity index is 967. The van der Waals surface area contributed by atoms with Crippen molar-refractivity contribution in [2.75, 3.05) is 16.0 Å². The lowest BCUT2D eigenvalue weighted by atomic mass is 10.1. The predicted molar refractivity (Wildman–Crippen MR) is 111 cm³/mol. The van der Waals surface area contributed by atoms with Gasteiger partial charge >= 0.3 is 0 Å². The first-order chi connectivity index (χ1) is 13.5. The first-order valence-electron chi connectivity index (χ1n) is 8.93. The van der Waals surface area contributed by atoms with Crippen LogP contribution in [0.5, 0.6) is 0 Å². The number of anilines is 3. The van der Waals surface area contributed by atoms with Gasteiger partial charge in [0, 0.05) is 37.2 Å². The molecule has 3 rings (SSSR count). The number of aryl methyl sites for hydroxylation is 1. The van der Waals surface area contributed by atoms with E-state index in [1.54, 1.807) is 36.5 Å². The average molecular weight is 374 g/mol. The largest absolute Gasteiger partial charge is 0.380 e. The van der Waals surface area contributed by atoms with Crippen LogP contribution in [0.2, 0.25) is 0 Å². The summed E-state index contributed by atoms with van der Waals surface area (Å²) in [6.45, 7) is 4.15. The number of aromatic nitrogens is 1. The van der Waals surface area contributed by atoms with E-state index in [9.17, 15) is 9.59 Å². The number of rotatable bonds is 6. The van der Waals surface area contributed by atoms with Crippen LogP contribution in [0.1, 0.15) is 28.4 Å². The molecule has 2 amide bonds. The maximum Gasteiger partial charge on any atom is 0.257 e. The fourth-order valence-corrected chi connectivity index (χ4v) is 2.61. The van der Waals surface area contributed by atoms with E-state index in [-0.39, 0.29) is 11.8 Å². The normalized spacial score (nSPS) is 10.2. The van der Waals surface area contributed by atoms with E-state index in [0.29, 0.717) is 23.5 Å². The van der Waals surface area contributed by atoms with Gasteiger partial charge in [0.15, 0.2) is 0 Å². The zero-order valence-corrected chi connectivity index (χ0v) is 15.8. The Kier molecular flexibility index (Phi) is 6.01. The molecular weight excluding hydrogens is 352 g/mol. The summed E-state index contributed by atoms with van der Waals surface area (Å²) in [5, 5.41) is 8.79. The number of carbonyl (C=O) groups excluding carboxylic acids is 2. The van der Waals surface area contributed by atoms with Gasteiger partial charge in [-0.15, -0.1) is 0 Å². The van der Waals surface area contributed by atoms with Crippen LogP contribution < -0.4 is 16.0 Å². The second-order valence-electron chi connectivity index (χ2n) is 6.51. The molecule has 0 aliphatic carbocycles. The number of amides is 2. The van der Waals surface area contributed by atoms with Gasteiger partial charge in [-0.25, -0.2) is 0 Å². The van der Waals surface area contributed by atoms with Gasteiger partial charge in [0.1, 0.15) is 0 Å². The van der Waals surface area contributed by atoms with Crippen molar-refractivity contribution in [1.29, 1.82) is 0 Å². The lowest BCUT2D eigenvalue weighted by Gasteiger charge is -2.09. The SMILES string of the molecule is CC(=O)Nc1ccc(NC(=O)c2cncc(NCc3ccc(C)cc3)c2)cc1. The molecule has 0 saturated heterocycles. The molecule has 6 nitrogen and oxygen atoms in total. The zero-order valence-electron chi connectivity index (χ0n) is 15.8. The minimum Gasteiger partial charge on any atom is -0.380 e. The monoisotopic (exact) mass is 374 g/mol.